The van der Waals surface area contributed by atoms with Crippen molar-refractivity contribution in [2.45, 2.75) is 39.5 Å². The summed E-state index contributed by atoms with van der Waals surface area (Å²) in [7, 11) is 0. The van der Waals surface area contributed by atoms with Gasteiger partial charge in [-0.1, -0.05) is 38.9 Å². The fourth-order valence-electron chi connectivity index (χ4n) is 1.74. The summed E-state index contributed by atoms with van der Waals surface area (Å²) in [6, 6.07) is 5.46. The Balaban J connectivity index is 2.18. The van der Waals surface area contributed by atoms with Gasteiger partial charge in [-0.2, -0.15) is 0 Å². The third-order valence-corrected chi connectivity index (χ3v) is 2.99. The van der Waals surface area contributed by atoms with Crippen molar-refractivity contribution in [1.29, 1.82) is 0 Å². The quantitative estimate of drug-likeness (QED) is 0.932. The zero-order valence-electron chi connectivity index (χ0n) is 12.2. The number of aromatic nitrogens is 2. The van der Waals surface area contributed by atoms with Crippen LogP contribution in [-0.4, -0.2) is 16.0 Å². The molecule has 2 aromatic rings. The van der Waals surface area contributed by atoms with E-state index in [1.165, 1.54) is 0 Å². The number of nitrogens with zero attached hydrogens (tertiary/aromatic N) is 2. The molecule has 5 nitrogen and oxygen atoms in total. The van der Waals surface area contributed by atoms with Gasteiger partial charge in [-0.25, -0.2) is 4.98 Å². The van der Waals surface area contributed by atoms with E-state index < -0.39 is 0 Å². The topological polar surface area (TPSA) is 68.0 Å². The van der Waals surface area contributed by atoms with E-state index in [9.17, 15) is 4.79 Å². The van der Waals surface area contributed by atoms with Gasteiger partial charge in [0.15, 0.2) is 5.69 Å². The predicted octanol–water partition coefficient (Wildman–Crippen LogP) is 3.18. The van der Waals surface area contributed by atoms with Gasteiger partial charge in [0, 0.05) is 17.7 Å². The highest BCUT2D eigenvalue weighted by molar-refractivity contribution is 6.02. The minimum atomic E-state index is -0.308. The first-order valence-electron chi connectivity index (χ1n) is 6.64. The molecule has 0 aliphatic rings. The Kier molecular flexibility index (Phi) is 3.88. The number of carbonyl (C=O) groups excluding carboxylic acids is 1. The molecule has 0 aliphatic carbocycles. The third kappa shape index (κ3) is 3.04. The van der Waals surface area contributed by atoms with Gasteiger partial charge in [0.2, 0.25) is 0 Å². The molecule has 2 heterocycles. The maximum Gasteiger partial charge on any atom is 0.279 e. The van der Waals surface area contributed by atoms with Crippen molar-refractivity contribution in [3.8, 4) is 0 Å². The van der Waals surface area contributed by atoms with Crippen molar-refractivity contribution in [1.82, 2.24) is 10.1 Å². The fraction of sp³-hybridized carbons (Fsp3) is 0.400. The molecule has 2 aromatic heterocycles. The van der Waals surface area contributed by atoms with Gasteiger partial charge in [0.05, 0.1) is 0 Å². The summed E-state index contributed by atoms with van der Waals surface area (Å²) in [5.41, 5.74) is 1.08. The molecule has 0 saturated heterocycles. The molecule has 0 aliphatic heterocycles. The Labute approximate surface area is 118 Å². The van der Waals surface area contributed by atoms with Crippen LogP contribution in [0.1, 0.15) is 49.5 Å². The van der Waals surface area contributed by atoms with Crippen LogP contribution in [0, 0.1) is 0 Å². The number of hydrogen-bond donors (Lipinski definition) is 1. The summed E-state index contributed by atoms with van der Waals surface area (Å²) in [5, 5.41) is 6.59. The number of aryl methyl sites for hydroxylation is 1. The second kappa shape index (κ2) is 5.45. The van der Waals surface area contributed by atoms with Crippen LogP contribution in [0.4, 0.5) is 5.82 Å². The van der Waals surface area contributed by atoms with Gasteiger partial charge in [-0.3, -0.25) is 4.79 Å². The van der Waals surface area contributed by atoms with E-state index >= 15 is 0 Å². The number of pyridine rings is 1. The van der Waals surface area contributed by atoms with Crippen LogP contribution < -0.4 is 5.32 Å². The molecule has 1 amide bonds. The largest absolute Gasteiger partial charge is 0.360 e. The highest BCUT2D eigenvalue weighted by Gasteiger charge is 2.22. The van der Waals surface area contributed by atoms with E-state index in [4.69, 9.17) is 4.52 Å². The smallest absolute Gasteiger partial charge is 0.279 e. The maximum absolute atomic E-state index is 12.1. The Morgan fingerprint density at radius 2 is 2.15 bits per heavy atom. The minimum absolute atomic E-state index is 0.175. The molecule has 0 fully saturated rings. The lowest BCUT2D eigenvalue weighted by Gasteiger charge is -2.12. The number of anilines is 1. The second-order valence-corrected chi connectivity index (χ2v) is 5.65. The van der Waals surface area contributed by atoms with Gasteiger partial charge < -0.3 is 9.84 Å². The number of rotatable bonds is 3. The third-order valence-electron chi connectivity index (χ3n) is 2.99. The standard InChI is InChI=1S/C15H19N3O2/c1-5-10-7-6-8-16-13(10)17-14(19)11-9-12(20-18-11)15(2,3)4/h6-9H,5H2,1-4H3,(H,16,17,19). The average Bonchev–Trinajstić information content (AvgIpc) is 2.89. The summed E-state index contributed by atoms with van der Waals surface area (Å²) >= 11 is 0. The Bertz CT molecular complexity index is 612. The summed E-state index contributed by atoms with van der Waals surface area (Å²) < 4.78 is 5.21. The monoisotopic (exact) mass is 273 g/mol. The van der Waals surface area contributed by atoms with E-state index in [0.717, 1.165) is 12.0 Å². The molecular weight excluding hydrogens is 254 g/mol. The Morgan fingerprint density at radius 3 is 2.75 bits per heavy atom. The first kappa shape index (κ1) is 14.2. The molecule has 20 heavy (non-hydrogen) atoms. The van der Waals surface area contributed by atoms with Crippen molar-refractivity contribution in [3.63, 3.8) is 0 Å². The van der Waals surface area contributed by atoms with Gasteiger partial charge in [0.25, 0.3) is 5.91 Å². The molecule has 0 bridgehead atoms. The van der Waals surface area contributed by atoms with E-state index in [0.29, 0.717) is 11.6 Å². The van der Waals surface area contributed by atoms with Crippen molar-refractivity contribution < 1.29 is 9.32 Å². The van der Waals surface area contributed by atoms with Gasteiger partial charge >= 0.3 is 0 Å². The van der Waals surface area contributed by atoms with Crippen molar-refractivity contribution in [2.24, 2.45) is 0 Å². The lowest BCUT2D eigenvalue weighted by molar-refractivity contribution is 0.101. The normalized spacial score (nSPS) is 11.4. The predicted molar refractivity (Wildman–Crippen MR) is 76.8 cm³/mol. The average molecular weight is 273 g/mol. The first-order valence-corrected chi connectivity index (χ1v) is 6.64. The summed E-state index contributed by atoms with van der Waals surface area (Å²) in [5.74, 6) is 0.942. The molecule has 0 unspecified atom stereocenters. The zero-order valence-corrected chi connectivity index (χ0v) is 12.2. The molecule has 0 aromatic carbocycles. The lowest BCUT2D eigenvalue weighted by atomic mass is 9.93. The van der Waals surface area contributed by atoms with Crippen molar-refractivity contribution in [2.75, 3.05) is 5.32 Å². The Morgan fingerprint density at radius 1 is 1.40 bits per heavy atom. The van der Waals surface area contributed by atoms with E-state index in [2.05, 4.69) is 15.5 Å². The van der Waals surface area contributed by atoms with Crippen molar-refractivity contribution >= 4 is 11.7 Å². The van der Waals surface area contributed by atoms with Crippen LogP contribution in [0.2, 0.25) is 0 Å². The first-order chi connectivity index (χ1) is 9.41. The van der Waals surface area contributed by atoms with E-state index in [1.807, 2.05) is 39.8 Å². The summed E-state index contributed by atoms with van der Waals surface area (Å²) in [4.78, 5) is 16.3. The van der Waals surface area contributed by atoms with Crippen LogP contribution in [0.5, 0.6) is 0 Å². The minimum Gasteiger partial charge on any atom is -0.360 e. The van der Waals surface area contributed by atoms with E-state index in [1.54, 1.807) is 12.3 Å². The van der Waals surface area contributed by atoms with Crippen LogP contribution in [-0.2, 0) is 11.8 Å². The van der Waals surface area contributed by atoms with Crippen LogP contribution in [0.25, 0.3) is 0 Å². The molecule has 0 atom stereocenters. The number of hydrogen-bond acceptors (Lipinski definition) is 4. The molecular formula is C15H19N3O2. The fourth-order valence-corrected chi connectivity index (χ4v) is 1.74. The molecule has 0 spiro atoms. The van der Waals surface area contributed by atoms with Crippen LogP contribution in [0.15, 0.2) is 28.9 Å². The highest BCUT2D eigenvalue weighted by atomic mass is 16.5. The highest BCUT2D eigenvalue weighted by Crippen LogP contribution is 2.23. The summed E-state index contributed by atoms with van der Waals surface area (Å²) in [6.45, 7) is 8.02. The van der Waals surface area contributed by atoms with Crippen LogP contribution in [0.3, 0.4) is 0 Å². The SMILES string of the molecule is CCc1cccnc1NC(=O)c1cc(C(C)(C)C)on1. The molecule has 0 saturated carbocycles. The number of nitrogens with one attached hydrogen (secondary N) is 1. The second-order valence-electron chi connectivity index (χ2n) is 5.65. The summed E-state index contributed by atoms with van der Waals surface area (Å²) in [6.07, 6.45) is 2.45. The van der Waals surface area contributed by atoms with Gasteiger partial charge in [0.1, 0.15) is 11.6 Å². The van der Waals surface area contributed by atoms with Gasteiger partial charge in [-0.05, 0) is 18.1 Å². The maximum atomic E-state index is 12.1. The molecule has 1 N–H and O–H groups in total. The number of amides is 1. The Hall–Kier alpha value is -2.17. The van der Waals surface area contributed by atoms with E-state index in [-0.39, 0.29) is 17.0 Å². The molecule has 0 radical (unpaired) electrons. The molecule has 5 heteroatoms. The van der Waals surface area contributed by atoms with Crippen LogP contribution >= 0.6 is 0 Å². The molecule has 2 rings (SSSR count). The molecule has 106 valence electrons. The van der Waals surface area contributed by atoms with Gasteiger partial charge in [-0.15, -0.1) is 0 Å². The lowest BCUT2D eigenvalue weighted by Crippen LogP contribution is -2.15. The van der Waals surface area contributed by atoms with Crippen molar-refractivity contribution in [3.05, 3.63) is 41.4 Å². The zero-order chi connectivity index (χ0) is 14.8. The number of carbonyl (C=O) groups is 1.